The lowest BCUT2D eigenvalue weighted by Gasteiger charge is -2.39. The Morgan fingerprint density at radius 2 is 1.88 bits per heavy atom. The topological polar surface area (TPSA) is 65.0 Å². The molecule has 0 aromatic carbocycles. The van der Waals surface area contributed by atoms with Gasteiger partial charge in [0, 0.05) is 39.3 Å². The molecule has 2 atom stereocenters. The fraction of sp³-hybridized carbons (Fsp3) is 0.944. The Kier molecular flexibility index (Phi) is 6.76. The second-order valence-electron chi connectivity index (χ2n) is 8.44. The van der Waals surface area contributed by atoms with Crippen LogP contribution in [-0.2, 0) is 9.84 Å². The number of rotatable bonds is 4. The SMILES string of the molecule is CCNC(=NCCN1CC(C)CC(C)C1)N1CCS(=O)(=O)C(C)(C)C1. The molecule has 0 bridgehead atoms. The van der Waals surface area contributed by atoms with Crippen molar-refractivity contribution in [2.24, 2.45) is 16.8 Å². The third-order valence-electron chi connectivity index (χ3n) is 5.30. The Morgan fingerprint density at radius 3 is 2.44 bits per heavy atom. The van der Waals surface area contributed by atoms with Crippen molar-refractivity contribution in [3.8, 4) is 0 Å². The molecule has 0 aliphatic carbocycles. The molecule has 2 unspecified atom stereocenters. The van der Waals surface area contributed by atoms with Crippen LogP contribution in [0.3, 0.4) is 0 Å². The fourth-order valence-corrected chi connectivity index (χ4v) is 5.39. The quantitative estimate of drug-likeness (QED) is 0.597. The maximum Gasteiger partial charge on any atom is 0.194 e. The predicted molar refractivity (Wildman–Crippen MR) is 105 cm³/mol. The average Bonchev–Trinajstić information content (AvgIpc) is 2.48. The largest absolute Gasteiger partial charge is 0.357 e. The lowest BCUT2D eigenvalue weighted by molar-refractivity contribution is 0.145. The van der Waals surface area contributed by atoms with Gasteiger partial charge < -0.3 is 15.1 Å². The zero-order chi connectivity index (χ0) is 18.7. The third-order valence-corrected chi connectivity index (χ3v) is 7.83. The van der Waals surface area contributed by atoms with E-state index >= 15 is 0 Å². The summed E-state index contributed by atoms with van der Waals surface area (Å²) in [5.74, 6) is 2.57. The van der Waals surface area contributed by atoms with E-state index in [0.29, 0.717) is 13.1 Å². The van der Waals surface area contributed by atoms with Crippen molar-refractivity contribution in [1.29, 1.82) is 0 Å². The Morgan fingerprint density at radius 1 is 1.24 bits per heavy atom. The van der Waals surface area contributed by atoms with Gasteiger partial charge in [-0.2, -0.15) is 0 Å². The summed E-state index contributed by atoms with van der Waals surface area (Å²) in [7, 11) is -3.02. The molecule has 2 heterocycles. The Bertz CT molecular complexity index is 564. The van der Waals surface area contributed by atoms with E-state index in [1.165, 1.54) is 6.42 Å². The van der Waals surface area contributed by atoms with Crippen LogP contribution >= 0.6 is 0 Å². The van der Waals surface area contributed by atoms with Gasteiger partial charge in [-0.3, -0.25) is 4.99 Å². The highest BCUT2D eigenvalue weighted by Gasteiger charge is 2.40. The molecule has 0 radical (unpaired) electrons. The van der Waals surface area contributed by atoms with E-state index in [1.54, 1.807) is 0 Å². The van der Waals surface area contributed by atoms with Crippen molar-refractivity contribution in [3.63, 3.8) is 0 Å². The summed E-state index contributed by atoms with van der Waals surface area (Å²) in [5.41, 5.74) is 0. The summed E-state index contributed by atoms with van der Waals surface area (Å²) in [6.07, 6.45) is 1.32. The first-order valence-corrected chi connectivity index (χ1v) is 11.3. The molecule has 146 valence electrons. The van der Waals surface area contributed by atoms with Crippen LogP contribution in [0, 0.1) is 11.8 Å². The minimum atomic E-state index is -3.02. The summed E-state index contributed by atoms with van der Waals surface area (Å²) in [5, 5.41) is 3.34. The number of hydrogen-bond donors (Lipinski definition) is 1. The third kappa shape index (κ3) is 5.33. The van der Waals surface area contributed by atoms with Gasteiger partial charge in [0.05, 0.1) is 17.0 Å². The number of nitrogens with one attached hydrogen (secondary N) is 1. The van der Waals surface area contributed by atoms with Crippen molar-refractivity contribution < 1.29 is 8.42 Å². The minimum absolute atomic E-state index is 0.200. The Hall–Kier alpha value is -0.820. The number of aliphatic imine (C=N–C) groups is 1. The van der Waals surface area contributed by atoms with E-state index in [2.05, 4.69) is 35.9 Å². The van der Waals surface area contributed by atoms with Gasteiger partial charge in [0.25, 0.3) is 0 Å². The number of likely N-dealkylation sites (tertiary alicyclic amines) is 1. The molecular formula is C18H36N4O2S. The monoisotopic (exact) mass is 372 g/mol. The van der Waals surface area contributed by atoms with Gasteiger partial charge in [-0.25, -0.2) is 8.42 Å². The average molecular weight is 373 g/mol. The van der Waals surface area contributed by atoms with E-state index in [-0.39, 0.29) is 5.75 Å². The van der Waals surface area contributed by atoms with Gasteiger partial charge in [-0.1, -0.05) is 13.8 Å². The summed E-state index contributed by atoms with van der Waals surface area (Å²) in [6.45, 7) is 16.2. The van der Waals surface area contributed by atoms with Crippen LogP contribution in [-0.4, -0.2) is 80.5 Å². The Balaban J connectivity index is 1.97. The van der Waals surface area contributed by atoms with Crippen LogP contribution in [0.15, 0.2) is 4.99 Å². The van der Waals surface area contributed by atoms with Crippen LogP contribution in [0.5, 0.6) is 0 Å². The first kappa shape index (κ1) is 20.5. The summed E-state index contributed by atoms with van der Waals surface area (Å²) in [6, 6.07) is 0. The standard InChI is InChI=1S/C18H36N4O2S/c1-6-19-17(22-9-10-25(23,24)18(4,5)14-22)20-7-8-21-12-15(2)11-16(3)13-21/h15-16H,6-14H2,1-5H3,(H,19,20). The van der Waals surface area contributed by atoms with Gasteiger partial charge in [0.15, 0.2) is 15.8 Å². The molecule has 2 saturated heterocycles. The maximum atomic E-state index is 12.2. The van der Waals surface area contributed by atoms with Gasteiger partial charge in [0.1, 0.15) is 0 Å². The van der Waals surface area contributed by atoms with Crippen molar-refractivity contribution in [2.45, 2.75) is 45.8 Å². The highest BCUT2D eigenvalue weighted by atomic mass is 32.2. The van der Waals surface area contributed by atoms with Crippen molar-refractivity contribution in [3.05, 3.63) is 0 Å². The van der Waals surface area contributed by atoms with E-state index in [9.17, 15) is 8.42 Å². The molecule has 6 nitrogen and oxygen atoms in total. The molecule has 25 heavy (non-hydrogen) atoms. The zero-order valence-electron chi connectivity index (χ0n) is 16.6. The van der Waals surface area contributed by atoms with Crippen molar-refractivity contribution >= 4 is 15.8 Å². The highest BCUT2D eigenvalue weighted by molar-refractivity contribution is 7.92. The number of piperidine rings is 1. The molecular weight excluding hydrogens is 336 g/mol. The lowest BCUT2D eigenvalue weighted by atomic mass is 9.92. The summed E-state index contributed by atoms with van der Waals surface area (Å²) in [4.78, 5) is 9.40. The predicted octanol–water partition coefficient (Wildman–Crippen LogP) is 1.44. The van der Waals surface area contributed by atoms with Crippen LogP contribution in [0.1, 0.15) is 41.0 Å². The minimum Gasteiger partial charge on any atom is -0.357 e. The summed E-state index contributed by atoms with van der Waals surface area (Å²) < 4.78 is 23.7. The molecule has 2 rings (SSSR count). The van der Waals surface area contributed by atoms with E-state index in [0.717, 1.165) is 50.5 Å². The summed E-state index contributed by atoms with van der Waals surface area (Å²) >= 11 is 0. The van der Waals surface area contributed by atoms with Gasteiger partial charge in [-0.15, -0.1) is 0 Å². The number of nitrogens with zero attached hydrogens (tertiary/aromatic N) is 3. The van der Waals surface area contributed by atoms with Gasteiger partial charge in [-0.05, 0) is 39.0 Å². The number of guanidine groups is 1. The first-order chi connectivity index (χ1) is 11.6. The molecule has 0 spiro atoms. The first-order valence-electron chi connectivity index (χ1n) is 9.62. The lowest BCUT2D eigenvalue weighted by Crippen LogP contribution is -2.57. The number of hydrogen-bond acceptors (Lipinski definition) is 4. The fourth-order valence-electron chi connectivity index (χ4n) is 4.02. The van der Waals surface area contributed by atoms with Crippen LogP contribution < -0.4 is 5.32 Å². The van der Waals surface area contributed by atoms with Gasteiger partial charge >= 0.3 is 0 Å². The second-order valence-corrected chi connectivity index (χ2v) is 11.2. The second kappa shape index (κ2) is 8.25. The van der Waals surface area contributed by atoms with Crippen molar-refractivity contribution in [2.75, 3.05) is 51.6 Å². The molecule has 1 N–H and O–H groups in total. The molecule has 0 aromatic rings. The molecule has 2 fully saturated rings. The molecule has 2 aliphatic heterocycles. The molecule has 7 heteroatoms. The normalized spacial score (nSPS) is 30.3. The molecule has 0 aromatic heterocycles. The van der Waals surface area contributed by atoms with Gasteiger partial charge in [0.2, 0.25) is 0 Å². The molecule has 2 aliphatic rings. The van der Waals surface area contributed by atoms with E-state index < -0.39 is 14.6 Å². The number of sulfone groups is 1. The van der Waals surface area contributed by atoms with Crippen LogP contribution in [0.2, 0.25) is 0 Å². The van der Waals surface area contributed by atoms with Crippen LogP contribution in [0.25, 0.3) is 0 Å². The Labute approximate surface area is 154 Å². The molecule has 0 amide bonds. The molecule has 0 saturated carbocycles. The van der Waals surface area contributed by atoms with Crippen molar-refractivity contribution in [1.82, 2.24) is 15.1 Å². The highest BCUT2D eigenvalue weighted by Crippen LogP contribution is 2.24. The smallest absolute Gasteiger partial charge is 0.194 e. The van der Waals surface area contributed by atoms with Crippen LogP contribution in [0.4, 0.5) is 0 Å². The van der Waals surface area contributed by atoms with E-state index in [1.807, 2.05) is 13.8 Å². The maximum absolute atomic E-state index is 12.2. The van der Waals surface area contributed by atoms with E-state index in [4.69, 9.17) is 4.99 Å². The zero-order valence-corrected chi connectivity index (χ0v) is 17.4.